The molecule has 1 heterocycles. The summed E-state index contributed by atoms with van der Waals surface area (Å²) >= 11 is 0. The fourth-order valence-electron chi connectivity index (χ4n) is 2.11. The highest BCUT2D eigenvalue weighted by atomic mass is 16.1. The van der Waals surface area contributed by atoms with E-state index in [1.807, 2.05) is 24.4 Å². The second-order valence-corrected chi connectivity index (χ2v) is 4.43. The van der Waals surface area contributed by atoms with E-state index in [9.17, 15) is 4.79 Å². The topological polar surface area (TPSA) is 42.0 Å². The van der Waals surface area contributed by atoms with E-state index in [1.54, 1.807) is 0 Å². The maximum Gasteiger partial charge on any atom is 0.132 e. The molecule has 1 fully saturated rings. The SMILES string of the molecule is O=C1CCC(CNCc2ccccn2)CC1. The zero-order valence-electron chi connectivity index (χ0n) is 9.48. The van der Waals surface area contributed by atoms with Crippen LogP contribution in [0.4, 0.5) is 0 Å². The van der Waals surface area contributed by atoms with Crippen LogP contribution in [0, 0.1) is 5.92 Å². The van der Waals surface area contributed by atoms with E-state index in [0.717, 1.165) is 44.5 Å². The van der Waals surface area contributed by atoms with E-state index in [4.69, 9.17) is 0 Å². The van der Waals surface area contributed by atoms with Crippen molar-refractivity contribution in [1.82, 2.24) is 10.3 Å². The van der Waals surface area contributed by atoms with Crippen LogP contribution < -0.4 is 5.32 Å². The molecule has 0 radical (unpaired) electrons. The quantitative estimate of drug-likeness (QED) is 0.839. The number of rotatable bonds is 4. The molecule has 0 spiro atoms. The van der Waals surface area contributed by atoms with Crippen molar-refractivity contribution in [2.45, 2.75) is 32.2 Å². The number of ketones is 1. The predicted octanol–water partition coefficient (Wildman–Crippen LogP) is 1.93. The second-order valence-electron chi connectivity index (χ2n) is 4.43. The Morgan fingerprint density at radius 3 is 2.81 bits per heavy atom. The minimum Gasteiger partial charge on any atom is -0.311 e. The first-order valence-electron chi connectivity index (χ1n) is 5.97. The van der Waals surface area contributed by atoms with Gasteiger partial charge in [-0.15, -0.1) is 0 Å². The summed E-state index contributed by atoms with van der Waals surface area (Å²) in [6.45, 7) is 1.83. The summed E-state index contributed by atoms with van der Waals surface area (Å²) in [6.07, 6.45) is 5.46. The largest absolute Gasteiger partial charge is 0.311 e. The highest BCUT2D eigenvalue weighted by Gasteiger charge is 2.17. The third kappa shape index (κ3) is 3.42. The molecule has 0 aromatic carbocycles. The molecule has 1 aromatic rings. The molecule has 0 bridgehead atoms. The lowest BCUT2D eigenvalue weighted by Gasteiger charge is -2.21. The Balaban J connectivity index is 1.67. The Labute approximate surface area is 96.3 Å². The highest BCUT2D eigenvalue weighted by Crippen LogP contribution is 2.20. The summed E-state index contributed by atoms with van der Waals surface area (Å²) in [5.74, 6) is 1.10. The average molecular weight is 218 g/mol. The summed E-state index contributed by atoms with van der Waals surface area (Å²) in [7, 11) is 0. The normalized spacial score (nSPS) is 17.6. The van der Waals surface area contributed by atoms with E-state index in [-0.39, 0.29) is 0 Å². The van der Waals surface area contributed by atoms with Crippen molar-refractivity contribution in [1.29, 1.82) is 0 Å². The molecule has 0 amide bonds. The Morgan fingerprint density at radius 1 is 1.31 bits per heavy atom. The van der Waals surface area contributed by atoms with Crippen LogP contribution >= 0.6 is 0 Å². The first-order chi connectivity index (χ1) is 7.84. The molecule has 1 N–H and O–H groups in total. The molecule has 1 aliphatic rings. The van der Waals surface area contributed by atoms with Gasteiger partial charge in [-0.25, -0.2) is 0 Å². The van der Waals surface area contributed by atoms with Gasteiger partial charge in [-0.1, -0.05) is 6.07 Å². The van der Waals surface area contributed by atoms with Crippen molar-refractivity contribution in [2.24, 2.45) is 5.92 Å². The summed E-state index contributed by atoms with van der Waals surface area (Å²) in [4.78, 5) is 15.3. The Hall–Kier alpha value is -1.22. The number of carbonyl (C=O) groups excluding carboxylic acids is 1. The molecule has 0 aliphatic heterocycles. The van der Waals surface area contributed by atoms with Crippen LogP contribution in [0.15, 0.2) is 24.4 Å². The molecule has 0 unspecified atom stereocenters. The molecule has 3 nitrogen and oxygen atoms in total. The first kappa shape index (κ1) is 11.3. The van der Waals surface area contributed by atoms with Crippen molar-refractivity contribution in [3.05, 3.63) is 30.1 Å². The van der Waals surface area contributed by atoms with Gasteiger partial charge in [0.05, 0.1) is 5.69 Å². The Kier molecular flexibility index (Phi) is 4.05. The van der Waals surface area contributed by atoms with Gasteiger partial charge < -0.3 is 5.32 Å². The number of aromatic nitrogens is 1. The van der Waals surface area contributed by atoms with Gasteiger partial charge in [0.2, 0.25) is 0 Å². The lowest BCUT2D eigenvalue weighted by Crippen LogP contribution is -2.26. The molecule has 86 valence electrons. The molecular weight excluding hydrogens is 200 g/mol. The second kappa shape index (κ2) is 5.75. The van der Waals surface area contributed by atoms with Gasteiger partial charge in [0.1, 0.15) is 5.78 Å². The van der Waals surface area contributed by atoms with E-state index >= 15 is 0 Å². The van der Waals surface area contributed by atoms with Crippen LogP contribution in [0.25, 0.3) is 0 Å². The maximum atomic E-state index is 11.1. The number of nitrogens with one attached hydrogen (secondary N) is 1. The fourth-order valence-corrected chi connectivity index (χ4v) is 2.11. The number of Topliss-reactive ketones (excluding diaryl/α,β-unsaturated/α-hetero) is 1. The van der Waals surface area contributed by atoms with Crippen molar-refractivity contribution in [3.63, 3.8) is 0 Å². The van der Waals surface area contributed by atoms with Gasteiger partial charge in [-0.2, -0.15) is 0 Å². The van der Waals surface area contributed by atoms with E-state index < -0.39 is 0 Å². The van der Waals surface area contributed by atoms with Crippen molar-refractivity contribution < 1.29 is 4.79 Å². The van der Waals surface area contributed by atoms with Crippen LogP contribution in [0.2, 0.25) is 0 Å². The zero-order valence-corrected chi connectivity index (χ0v) is 9.48. The average Bonchev–Trinajstić information content (AvgIpc) is 2.33. The third-order valence-electron chi connectivity index (χ3n) is 3.13. The van der Waals surface area contributed by atoms with Crippen molar-refractivity contribution >= 4 is 5.78 Å². The van der Waals surface area contributed by atoms with Gasteiger partial charge in [0.25, 0.3) is 0 Å². The Morgan fingerprint density at radius 2 is 2.12 bits per heavy atom. The summed E-state index contributed by atoms with van der Waals surface area (Å²) < 4.78 is 0. The van der Waals surface area contributed by atoms with E-state index in [2.05, 4.69) is 10.3 Å². The lowest BCUT2D eigenvalue weighted by atomic mass is 9.88. The first-order valence-corrected chi connectivity index (χ1v) is 5.97. The van der Waals surface area contributed by atoms with E-state index in [1.165, 1.54) is 0 Å². The van der Waals surface area contributed by atoms with Crippen molar-refractivity contribution in [2.75, 3.05) is 6.54 Å². The zero-order chi connectivity index (χ0) is 11.2. The molecule has 1 aromatic heterocycles. The Bertz CT molecular complexity index is 327. The van der Waals surface area contributed by atoms with Gasteiger partial charge >= 0.3 is 0 Å². The van der Waals surface area contributed by atoms with Crippen LogP contribution in [-0.4, -0.2) is 17.3 Å². The van der Waals surface area contributed by atoms with Gasteiger partial charge in [-0.3, -0.25) is 9.78 Å². The standard InChI is InChI=1S/C13H18N2O/c16-13-6-4-11(5-7-13)9-14-10-12-3-1-2-8-15-12/h1-3,8,11,14H,4-7,9-10H2. The lowest BCUT2D eigenvalue weighted by molar-refractivity contribution is -0.120. The number of pyridine rings is 1. The molecule has 1 aliphatic carbocycles. The van der Waals surface area contributed by atoms with Crippen LogP contribution in [0.5, 0.6) is 0 Å². The maximum absolute atomic E-state index is 11.1. The van der Waals surface area contributed by atoms with Gasteiger partial charge in [0, 0.05) is 25.6 Å². The monoisotopic (exact) mass is 218 g/mol. The summed E-state index contributed by atoms with van der Waals surface area (Å²) in [6, 6.07) is 5.96. The van der Waals surface area contributed by atoms with Crippen LogP contribution in [-0.2, 0) is 11.3 Å². The molecular formula is C13H18N2O. The molecule has 0 atom stereocenters. The summed E-state index contributed by atoms with van der Waals surface area (Å²) in [5.41, 5.74) is 1.08. The fraction of sp³-hybridized carbons (Fsp3) is 0.538. The van der Waals surface area contributed by atoms with E-state index in [0.29, 0.717) is 11.7 Å². The molecule has 3 heteroatoms. The minimum absolute atomic E-state index is 0.431. The third-order valence-corrected chi connectivity index (χ3v) is 3.13. The molecule has 16 heavy (non-hydrogen) atoms. The minimum atomic E-state index is 0.431. The van der Waals surface area contributed by atoms with Crippen LogP contribution in [0.1, 0.15) is 31.4 Å². The molecule has 1 saturated carbocycles. The highest BCUT2D eigenvalue weighted by molar-refractivity contribution is 5.79. The molecule has 2 rings (SSSR count). The predicted molar refractivity (Wildman–Crippen MR) is 62.9 cm³/mol. The number of hydrogen-bond acceptors (Lipinski definition) is 3. The molecule has 0 saturated heterocycles. The van der Waals surface area contributed by atoms with Crippen molar-refractivity contribution in [3.8, 4) is 0 Å². The summed E-state index contributed by atoms with van der Waals surface area (Å²) in [5, 5.41) is 3.41. The van der Waals surface area contributed by atoms with Gasteiger partial charge in [-0.05, 0) is 37.4 Å². The number of nitrogens with zero attached hydrogens (tertiary/aromatic N) is 1. The van der Waals surface area contributed by atoms with Crippen LogP contribution in [0.3, 0.4) is 0 Å². The number of hydrogen-bond donors (Lipinski definition) is 1. The smallest absolute Gasteiger partial charge is 0.132 e. The number of carbonyl (C=O) groups is 1. The van der Waals surface area contributed by atoms with Gasteiger partial charge in [0.15, 0.2) is 0 Å².